The van der Waals surface area contributed by atoms with Crippen molar-refractivity contribution in [3.8, 4) is 0 Å². The molecule has 0 N–H and O–H groups in total. The first-order chi connectivity index (χ1) is 13.2. The summed E-state index contributed by atoms with van der Waals surface area (Å²) in [5.74, 6) is 0. The largest absolute Gasteiger partial charge is 0.496 e. The van der Waals surface area contributed by atoms with E-state index in [4.69, 9.17) is 9.31 Å². The van der Waals surface area contributed by atoms with Crippen LogP contribution in [0.1, 0.15) is 40.5 Å². The Bertz CT molecular complexity index is 667. The van der Waals surface area contributed by atoms with Crippen molar-refractivity contribution < 1.29 is 9.31 Å². The van der Waals surface area contributed by atoms with Gasteiger partial charge in [-0.2, -0.15) is 0 Å². The molecule has 0 aromatic carbocycles. The van der Waals surface area contributed by atoms with Crippen molar-refractivity contribution in [3.63, 3.8) is 0 Å². The molecule has 0 unspecified atom stereocenters. The molecule has 4 rings (SSSR count). The Kier molecular flexibility index (Phi) is 5.46. The molecule has 0 bridgehead atoms. The smallest absolute Gasteiger partial charge is 0.399 e. The molecule has 0 amide bonds. The zero-order chi connectivity index (χ0) is 19.9. The number of likely N-dealkylation sites (tertiary alicyclic amines) is 1. The van der Waals surface area contributed by atoms with Gasteiger partial charge >= 0.3 is 7.12 Å². The molecule has 0 radical (unpaired) electrons. The molecule has 0 saturated carbocycles. The fourth-order valence-electron chi connectivity index (χ4n) is 4.43. The number of hydrogen-bond donors (Lipinski definition) is 0. The van der Waals surface area contributed by atoms with Crippen molar-refractivity contribution in [2.75, 3.05) is 51.2 Å². The normalized spacial score (nSPS) is 26.8. The summed E-state index contributed by atoms with van der Waals surface area (Å²) >= 11 is 0. The summed E-state index contributed by atoms with van der Waals surface area (Å²) in [6, 6.07) is 2.95. The van der Waals surface area contributed by atoms with Gasteiger partial charge in [0, 0.05) is 43.9 Å². The lowest BCUT2D eigenvalue weighted by atomic mass is 9.80. The van der Waals surface area contributed by atoms with Crippen LogP contribution >= 0.6 is 0 Å². The third kappa shape index (κ3) is 3.95. The van der Waals surface area contributed by atoms with Gasteiger partial charge in [0.1, 0.15) is 0 Å². The predicted molar refractivity (Wildman–Crippen MR) is 114 cm³/mol. The number of piperazine rings is 1. The van der Waals surface area contributed by atoms with Crippen LogP contribution in [0.3, 0.4) is 0 Å². The van der Waals surface area contributed by atoms with Crippen molar-refractivity contribution in [2.24, 2.45) is 0 Å². The third-order valence-corrected chi connectivity index (χ3v) is 7.15. The molecule has 0 aliphatic carbocycles. The van der Waals surface area contributed by atoms with Crippen molar-refractivity contribution in [2.45, 2.75) is 57.8 Å². The second kappa shape index (κ2) is 7.60. The second-order valence-corrected chi connectivity index (χ2v) is 9.62. The second-order valence-electron chi connectivity index (χ2n) is 9.62. The average molecular weight is 386 g/mol. The van der Waals surface area contributed by atoms with Crippen LogP contribution in [0, 0.1) is 0 Å². The van der Waals surface area contributed by atoms with Gasteiger partial charge in [0.2, 0.25) is 0 Å². The highest BCUT2D eigenvalue weighted by Crippen LogP contribution is 2.36. The Morgan fingerprint density at radius 1 is 0.929 bits per heavy atom. The topological polar surface area (TPSA) is 41.1 Å². The zero-order valence-corrected chi connectivity index (χ0v) is 18.1. The van der Waals surface area contributed by atoms with Crippen molar-refractivity contribution >= 4 is 18.3 Å². The first kappa shape index (κ1) is 20.1. The van der Waals surface area contributed by atoms with Crippen LogP contribution in [-0.2, 0) is 9.31 Å². The van der Waals surface area contributed by atoms with Crippen molar-refractivity contribution in [3.05, 3.63) is 18.5 Å². The molecule has 3 saturated heterocycles. The van der Waals surface area contributed by atoms with E-state index in [-0.39, 0.29) is 18.3 Å². The van der Waals surface area contributed by atoms with Crippen LogP contribution in [-0.4, -0.2) is 85.5 Å². The van der Waals surface area contributed by atoms with Gasteiger partial charge < -0.3 is 19.1 Å². The Morgan fingerprint density at radius 2 is 1.54 bits per heavy atom. The molecule has 0 spiro atoms. The van der Waals surface area contributed by atoms with E-state index in [0.29, 0.717) is 0 Å². The SMILES string of the molecule is CN1CCC(N2CCN(c3cncc(B4OC(C)(C)C(C)(C)O4)c3)CC2)CC1. The molecule has 3 fully saturated rings. The van der Waals surface area contributed by atoms with Gasteiger partial charge in [-0.15, -0.1) is 0 Å². The maximum Gasteiger partial charge on any atom is 0.496 e. The minimum Gasteiger partial charge on any atom is -0.399 e. The monoisotopic (exact) mass is 386 g/mol. The lowest BCUT2D eigenvalue weighted by molar-refractivity contribution is 0.00578. The molecule has 1 aromatic rings. The van der Waals surface area contributed by atoms with Crippen molar-refractivity contribution in [1.82, 2.24) is 14.8 Å². The lowest BCUT2D eigenvalue weighted by Crippen LogP contribution is -2.53. The van der Waals surface area contributed by atoms with E-state index in [1.807, 2.05) is 12.4 Å². The van der Waals surface area contributed by atoms with E-state index < -0.39 is 0 Å². The Labute approximate surface area is 170 Å². The van der Waals surface area contributed by atoms with Gasteiger partial charge in [-0.25, -0.2) is 0 Å². The highest BCUT2D eigenvalue weighted by molar-refractivity contribution is 6.62. The minimum absolute atomic E-state index is 0.326. The summed E-state index contributed by atoms with van der Waals surface area (Å²) in [5.41, 5.74) is 1.53. The number of rotatable bonds is 3. The van der Waals surface area contributed by atoms with E-state index in [1.54, 1.807) is 0 Å². The summed E-state index contributed by atoms with van der Waals surface area (Å²) in [5, 5.41) is 0. The van der Waals surface area contributed by atoms with E-state index in [0.717, 1.165) is 37.7 Å². The van der Waals surface area contributed by atoms with Gasteiger partial charge in [-0.05, 0) is 66.7 Å². The molecule has 3 aliphatic rings. The third-order valence-electron chi connectivity index (χ3n) is 7.15. The Hall–Kier alpha value is -1.15. The van der Waals surface area contributed by atoms with Gasteiger partial charge in [0.15, 0.2) is 0 Å². The standard InChI is InChI=1S/C21H35BN4O2/c1-20(2)21(3,4)28-22(27-20)17-14-19(16-23-15-17)26-12-10-25(11-13-26)18-6-8-24(5)9-7-18/h14-16,18H,6-13H2,1-5H3. The van der Waals surface area contributed by atoms with Crippen molar-refractivity contribution in [1.29, 1.82) is 0 Å². The number of hydrogen-bond acceptors (Lipinski definition) is 6. The molecule has 0 atom stereocenters. The van der Waals surface area contributed by atoms with E-state index in [1.165, 1.54) is 31.6 Å². The molecule has 154 valence electrons. The number of nitrogens with zero attached hydrogens (tertiary/aromatic N) is 4. The summed E-state index contributed by atoms with van der Waals surface area (Å²) in [4.78, 5) is 12.1. The maximum absolute atomic E-state index is 6.20. The quantitative estimate of drug-likeness (QED) is 0.736. The summed E-state index contributed by atoms with van der Waals surface area (Å²) in [6.07, 6.45) is 6.45. The molecule has 7 heteroatoms. The number of anilines is 1. The molecule has 28 heavy (non-hydrogen) atoms. The Morgan fingerprint density at radius 3 is 2.14 bits per heavy atom. The van der Waals surface area contributed by atoms with Crippen LogP contribution in [0.25, 0.3) is 0 Å². The van der Waals surface area contributed by atoms with Crippen LogP contribution in [0.2, 0.25) is 0 Å². The van der Waals surface area contributed by atoms with Crippen LogP contribution in [0.5, 0.6) is 0 Å². The van der Waals surface area contributed by atoms with E-state index >= 15 is 0 Å². The lowest BCUT2D eigenvalue weighted by Gasteiger charge is -2.42. The molecule has 4 heterocycles. The van der Waals surface area contributed by atoms with Gasteiger partial charge in [0.25, 0.3) is 0 Å². The Balaban J connectivity index is 1.38. The average Bonchev–Trinajstić information content (AvgIpc) is 2.90. The van der Waals surface area contributed by atoms with Crippen LogP contribution in [0.15, 0.2) is 18.5 Å². The van der Waals surface area contributed by atoms with Gasteiger partial charge in [-0.1, -0.05) is 0 Å². The summed E-state index contributed by atoms with van der Waals surface area (Å²) in [7, 11) is 1.88. The highest BCUT2D eigenvalue weighted by Gasteiger charge is 2.51. The number of aromatic nitrogens is 1. The number of piperidine rings is 1. The molecule has 6 nitrogen and oxygen atoms in total. The van der Waals surface area contributed by atoms with Gasteiger partial charge in [-0.3, -0.25) is 9.88 Å². The summed E-state index contributed by atoms with van der Waals surface area (Å²) < 4.78 is 12.4. The molecule has 1 aromatic heterocycles. The first-order valence-electron chi connectivity index (χ1n) is 10.7. The van der Waals surface area contributed by atoms with Crippen LogP contribution in [0.4, 0.5) is 5.69 Å². The van der Waals surface area contributed by atoms with E-state index in [2.05, 4.69) is 60.5 Å². The number of pyridine rings is 1. The first-order valence-corrected chi connectivity index (χ1v) is 10.7. The molecule has 3 aliphatic heterocycles. The van der Waals surface area contributed by atoms with Gasteiger partial charge in [0.05, 0.1) is 23.1 Å². The maximum atomic E-state index is 6.20. The zero-order valence-electron chi connectivity index (χ0n) is 18.1. The molecular formula is C21H35BN4O2. The fourth-order valence-corrected chi connectivity index (χ4v) is 4.43. The molecular weight excluding hydrogens is 351 g/mol. The minimum atomic E-state index is -0.349. The van der Waals surface area contributed by atoms with Crippen LogP contribution < -0.4 is 10.4 Å². The summed E-state index contributed by atoms with van der Waals surface area (Å²) in [6.45, 7) is 15.2. The highest BCUT2D eigenvalue weighted by atomic mass is 16.7. The predicted octanol–water partition coefficient (Wildman–Crippen LogP) is 1.60. The van der Waals surface area contributed by atoms with E-state index in [9.17, 15) is 0 Å². The fraction of sp³-hybridized carbons (Fsp3) is 0.762.